The summed E-state index contributed by atoms with van der Waals surface area (Å²) in [6.07, 6.45) is 12.5. The van der Waals surface area contributed by atoms with Gasteiger partial charge in [-0.3, -0.25) is 0 Å². The van der Waals surface area contributed by atoms with Crippen molar-refractivity contribution < 1.29 is 0 Å². The number of aromatic amines is 1. The number of piperidine rings is 2. The second kappa shape index (κ2) is 6.11. The molecule has 0 aromatic carbocycles. The van der Waals surface area contributed by atoms with Crippen LogP contribution in [-0.2, 0) is 0 Å². The standard InChI is InChI=1S/C19H23N5S/c1-2-7-22-19(5-1)6-3-9-24(13-19)16-4-8-20-18-17(16)15(11-21-18)14-10-23-25-12-14/h4,8,10-12,22H,1-3,5-7,9,13H2,(H,20,21). The minimum Gasteiger partial charge on any atom is -0.369 e. The zero-order valence-electron chi connectivity index (χ0n) is 14.3. The third-order valence-corrected chi connectivity index (χ3v) is 6.38. The molecule has 0 bridgehead atoms. The highest BCUT2D eigenvalue weighted by Gasteiger charge is 2.36. The van der Waals surface area contributed by atoms with Gasteiger partial charge in [-0.05, 0) is 49.8 Å². The monoisotopic (exact) mass is 353 g/mol. The van der Waals surface area contributed by atoms with Crippen LogP contribution in [0.2, 0.25) is 0 Å². The van der Waals surface area contributed by atoms with E-state index in [0.29, 0.717) is 5.54 Å². The first-order chi connectivity index (χ1) is 12.3. The zero-order valence-corrected chi connectivity index (χ0v) is 15.1. The van der Waals surface area contributed by atoms with Crippen LogP contribution < -0.4 is 10.2 Å². The van der Waals surface area contributed by atoms with Crippen molar-refractivity contribution in [2.24, 2.45) is 0 Å². The molecule has 2 N–H and O–H groups in total. The molecular weight excluding hydrogens is 330 g/mol. The number of aromatic nitrogens is 3. The minimum atomic E-state index is 0.298. The average molecular weight is 353 g/mol. The summed E-state index contributed by atoms with van der Waals surface area (Å²) in [6.45, 7) is 3.38. The van der Waals surface area contributed by atoms with Crippen molar-refractivity contribution in [2.45, 2.75) is 37.6 Å². The van der Waals surface area contributed by atoms with Gasteiger partial charge < -0.3 is 15.2 Å². The molecule has 5 rings (SSSR count). The topological polar surface area (TPSA) is 56.8 Å². The van der Waals surface area contributed by atoms with Crippen LogP contribution in [0.15, 0.2) is 30.0 Å². The van der Waals surface area contributed by atoms with Gasteiger partial charge in [0.1, 0.15) is 5.65 Å². The van der Waals surface area contributed by atoms with Gasteiger partial charge in [-0.2, -0.15) is 0 Å². The van der Waals surface area contributed by atoms with Gasteiger partial charge in [0, 0.05) is 64.8 Å². The molecule has 2 aliphatic rings. The lowest BCUT2D eigenvalue weighted by atomic mass is 9.81. The molecule has 0 radical (unpaired) electrons. The van der Waals surface area contributed by atoms with Crippen molar-refractivity contribution in [1.29, 1.82) is 0 Å². The maximum atomic E-state index is 4.56. The Bertz CT molecular complexity index is 858. The Morgan fingerprint density at radius 3 is 3.00 bits per heavy atom. The first-order valence-electron chi connectivity index (χ1n) is 9.21. The number of fused-ring (bicyclic) bond motifs is 1. The van der Waals surface area contributed by atoms with Crippen LogP contribution in [0, 0.1) is 0 Å². The lowest BCUT2D eigenvalue weighted by molar-refractivity contribution is 0.216. The third-order valence-electron chi connectivity index (χ3n) is 5.79. The van der Waals surface area contributed by atoms with Crippen LogP contribution in [0.25, 0.3) is 22.2 Å². The lowest BCUT2D eigenvalue weighted by Gasteiger charge is -2.47. The van der Waals surface area contributed by atoms with Gasteiger partial charge >= 0.3 is 0 Å². The molecule has 0 amide bonds. The second-order valence-corrected chi connectivity index (χ2v) is 8.02. The van der Waals surface area contributed by atoms with Crippen LogP contribution in [0.1, 0.15) is 32.1 Å². The van der Waals surface area contributed by atoms with Crippen molar-refractivity contribution in [3.8, 4) is 11.1 Å². The number of pyridine rings is 1. The summed E-state index contributed by atoms with van der Waals surface area (Å²) in [4.78, 5) is 10.5. The minimum absolute atomic E-state index is 0.298. The summed E-state index contributed by atoms with van der Waals surface area (Å²) in [5.41, 5.74) is 4.96. The fraction of sp³-hybridized carbons (Fsp3) is 0.474. The maximum Gasteiger partial charge on any atom is 0.139 e. The van der Waals surface area contributed by atoms with Gasteiger partial charge in [-0.25, -0.2) is 9.36 Å². The highest BCUT2D eigenvalue weighted by molar-refractivity contribution is 7.03. The smallest absolute Gasteiger partial charge is 0.139 e. The Balaban J connectivity index is 1.57. The molecule has 3 aromatic rings. The maximum absolute atomic E-state index is 4.56. The Morgan fingerprint density at radius 2 is 2.16 bits per heavy atom. The van der Waals surface area contributed by atoms with Crippen LogP contribution in [0.5, 0.6) is 0 Å². The molecule has 1 atom stereocenters. The van der Waals surface area contributed by atoms with E-state index >= 15 is 0 Å². The molecule has 5 nitrogen and oxygen atoms in total. The average Bonchev–Trinajstić information content (AvgIpc) is 3.31. The van der Waals surface area contributed by atoms with Crippen molar-refractivity contribution >= 4 is 28.3 Å². The Morgan fingerprint density at radius 1 is 1.20 bits per heavy atom. The molecule has 5 heterocycles. The Hall–Kier alpha value is -1.92. The van der Waals surface area contributed by atoms with Crippen molar-refractivity contribution in [1.82, 2.24) is 19.7 Å². The number of nitrogens with one attached hydrogen (secondary N) is 2. The number of hydrogen-bond donors (Lipinski definition) is 2. The number of H-pyrrole nitrogens is 1. The summed E-state index contributed by atoms with van der Waals surface area (Å²) < 4.78 is 4.28. The van der Waals surface area contributed by atoms with Crippen LogP contribution in [0.3, 0.4) is 0 Å². The molecular formula is C19H23N5S. The molecule has 2 saturated heterocycles. The zero-order chi connectivity index (χ0) is 16.7. The molecule has 6 heteroatoms. The van der Waals surface area contributed by atoms with E-state index in [2.05, 4.69) is 42.2 Å². The molecule has 2 aliphatic heterocycles. The number of hydrogen-bond acceptors (Lipinski definition) is 5. The Kier molecular flexibility index (Phi) is 3.75. The SMILES string of the molecule is c1cc(N2CCCC3(CCCCN3)C2)c2c(-c3cnsc3)c[nH]c2n1. The first-order valence-corrected chi connectivity index (χ1v) is 10.0. The molecule has 0 aliphatic carbocycles. The fourth-order valence-electron chi connectivity index (χ4n) is 4.58. The van der Waals surface area contributed by atoms with Gasteiger partial charge in [-0.1, -0.05) is 6.42 Å². The summed E-state index contributed by atoms with van der Waals surface area (Å²) in [7, 11) is 0. The van der Waals surface area contributed by atoms with Gasteiger partial charge in [0.25, 0.3) is 0 Å². The van der Waals surface area contributed by atoms with E-state index in [0.717, 1.165) is 25.3 Å². The number of anilines is 1. The quantitative estimate of drug-likeness (QED) is 0.736. The van der Waals surface area contributed by atoms with Crippen molar-refractivity contribution in [3.63, 3.8) is 0 Å². The van der Waals surface area contributed by atoms with Gasteiger partial charge in [-0.15, -0.1) is 0 Å². The van der Waals surface area contributed by atoms with Crippen LogP contribution >= 0.6 is 11.5 Å². The summed E-state index contributed by atoms with van der Waals surface area (Å²) in [5, 5.41) is 7.19. The van der Waals surface area contributed by atoms with Gasteiger partial charge in [0.2, 0.25) is 0 Å². The molecule has 0 saturated carbocycles. The highest BCUT2D eigenvalue weighted by atomic mass is 32.1. The van der Waals surface area contributed by atoms with E-state index in [4.69, 9.17) is 0 Å². The molecule has 3 aromatic heterocycles. The highest BCUT2D eigenvalue weighted by Crippen LogP contribution is 2.38. The van der Waals surface area contributed by atoms with E-state index in [-0.39, 0.29) is 0 Å². The van der Waals surface area contributed by atoms with Crippen molar-refractivity contribution in [3.05, 3.63) is 30.0 Å². The van der Waals surface area contributed by atoms with E-state index in [1.165, 1.54) is 65.8 Å². The summed E-state index contributed by atoms with van der Waals surface area (Å²) >= 11 is 1.50. The van der Waals surface area contributed by atoms with Crippen LogP contribution in [-0.4, -0.2) is 39.5 Å². The molecule has 25 heavy (non-hydrogen) atoms. The lowest BCUT2D eigenvalue weighted by Crippen LogP contribution is -2.59. The molecule has 1 unspecified atom stereocenters. The van der Waals surface area contributed by atoms with E-state index < -0.39 is 0 Å². The predicted octanol–water partition coefficient (Wildman–Crippen LogP) is 3.80. The number of nitrogens with zero attached hydrogens (tertiary/aromatic N) is 3. The summed E-state index contributed by atoms with van der Waals surface area (Å²) in [6, 6.07) is 2.18. The van der Waals surface area contributed by atoms with Gasteiger partial charge in [0.15, 0.2) is 0 Å². The molecule has 2 fully saturated rings. The third kappa shape index (κ3) is 2.64. The van der Waals surface area contributed by atoms with Gasteiger partial charge in [0.05, 0.1) is 0 Å². The molecule has 130 valence electrons. The Labute approximate surface area is 151 Å². The van der Waals surface area contributed by atoms with E-state index in [1.807, 2.05) is 12.4 Å². The summed E-state index contributed by atoms with van der Waals surface area (Å²) in [5.74, 6) is 0. The largest absolute Gasteiger partial charge is 0.369 e. The normalized spacial score (nSPS) is 24.2. The first kappa shape index (κ1) is 15.3. The fourth-order valence-corrected chi connectivity index (χ4v) is 5.12. The predicted molar refractivity (Wildman–Crippen MR) is 103 cm³/mol. The molecule has 1 spiro atoms. The van der Waals surface area contributed by atoms with Crippen LogP contribution in [0.4, 0.5) is 5.69 Å². The van der Waals surface area contributed by atoms with Crippen molar-refractivity contribution in [2.75, 3.05) is 24.5 Å². The van der Waals surface area contributed by atoms with E-state index in [9.17, 15) is 0 Å². The second-order valence-electron chi connectivity index (χ2n) is 7.36. The number of rotatable bonds is 2. The van der Waals surface area contributed by atoms with E-state index in [1.54, 1.807) is 0 Å².